The molecule has 2 rings (SSSR count). The molecule has 0 saturated carbocycles. The Hall–Kier alpha value is -1.27. The number of nitrogens with zero attached hydrogens (tertiary/aromatic N) is 2. The Morgan fingerprint density at radius 3 is 2.82 bits per heavy atom. The van der Waals surface area contributed by atoms with Gasteiger partial charge in [-0.25, -0.2) is 0 Å². The topological polar surface area (TPSA) is 52.2 Å². The number of ether oxygens (including phenoxy) is 1. The molecule has 0 aliphatic carbocycles. The molecule has 92 valence electrons. The molecule has 2 aromatic rings. The molecule has 0 amide bonds. The second kappa shape index (κ2) is 4.93. The zero-order valence-electron chi connectivity index (χ0n) is 9.90. The van der Waals surface area contributed by atoms with Crippen LogP contribution in [-0.2, 0) is 7.05 Å². The van der Waals surface area contributed by atoms with Crippen molar-refractivity contribution in [3.05, 3.63) is 34.5 Å². The van der Waals surface area contributed by atoms with Gasteiger partial charge in [0, 0.05) is 7.05 Å². The van der Waals surface area contributed by atoms with E-state index >= 15 is 0 Å². The number of furan rings is 1. The van der Waals surface area contributed by atoms with Gasteiger partial charge in [-0.05, 0) is 35.1 Å². The minimum atomic E-state index is -0.0938. The summed E-state index contributed by atoms with van der Waals surface area (Å²) >= 11 is 3.30. The van der Waals surface area contributed by atoms with Crippen molar-refractivity contribution in [3.63, 3.8) is 0 Å². The van der Waals surface area contributed by atoms with E-state index in [4.69, 9.17) is 9.15 Å². The summed E-state index contributed by atoms with van der Waals surface area (Å²) < 4.78 is 13.3. The van der Waals surface area contributed by atoms with Crippen LogP contribution in [0.4, 0.5) is 0 Å². The van der Waals surface area contributed by atoms with E-state index in [-0.39, 0.29) is 6.04 Å². The summed E-state index contributed by atoms with van der Waals surface area (Å²) in [6, 6.07) is 3.68. The van der Waals surface area contributed by atoms with Crippen LogP contribution in [0.25, 0.3) is 0 Å². The second-order valence-corrected chi connectivity index (χ2v) is 4.37. The van der Waals surface area contributed by atoms with Crippen molar-refractivity contribution < 1.29 is 9.15 Å². The summed E-state index contributed by atoms with van der Waals surface area (Å²) in [6.07, 6.45) is 1.69. The standard InChI is InChI=1S/C11H14BrN3O2/c1-13-10(7-4-5-9(12)17-7)11-8(16-3)6-14-15(11)2/h4-6,10,13H,1-3H3. The van der Waals surface area contributed by atoms with Crippen LogP contribution < -0.4 is 10.1 Å². The monoisotopic (exact) mass is 299 g/mol. The van der Waals surface area contributed by atoms with Gasteiger partial charge >= 0.3 is 0 Å². The third-order valence-corrected chi connectivity index (χ3v) is 3.04. The number of rotatable bonds is 4. The molecule has 6 heteroatoms. The van der Waals surface area contributed by atoms with Gasteiger partial charge in [-0.3, -0.25) is 4.68 Å². The first-order chi connectivity index (χ1) is 8.17. The van der Waals surface area contributed by atoms with Gasteiger partial charge in [0.2, 0.25) is 0 Å². The third kappa shape index (κ3) is 2.23. The van der Waals surface area contributed by atoms with Crippen LogP contribution in [-0.4, -0.2) is 23.9 Å². The summed E-state index contributed by atoms with van der Waals surface area (Å²) in [5.74, 6) is 1.54. The average molecular weight is 300 g/mol. The van der Waals surface area contributed by atoms with Gasteiger partial charge in [0.15, 0.2) is 10.4 Å². The molecule has 0 fully saturated rings. The van der Waals surface area contributed by atoms with Gasteiger partial charge in [0.25, 0.3) is 0 Å². The van der Waals surface area contributed by atoms with E-state index in [0.29, 0.717) is 4.67 Å². The Balaban J connectivity index is 2.44. The fraction of sp³-hybridized carbons (Fsp3) is 0.364. The number of nitrogens with one attached hydrogen (secondary N) is 1. The first-order valence-corrected chi connectivity index (χ1v) is 5.95. The molecule has 0 aliphatic heterocycles. The van der Waals surface area contributed by atoms with Crippen molar-refractivity contribution in [2.45, 2.75) is 6.04 Å². The van der Waals surface area contributed by atoms with Crippen molar-refractivity contribution in [1.29, 1.82) is 0 Å². The number of halogens is 1. The Labute approximate surface area is 108 Å². The van der Waals surface area contributed by atoms with E-state index in [1.807, 2.05) is 26.2 Å². The Bertz CT molecular complexity index is 507. The lowest BCUT2D eigenvalue weighted by molar-refractivity contribution is 0.388. The van der Waals surface area contributed by atoms with E-state index in [2.05, 4.69) is 26.3 Å². The van der Waals surface area contributed by atoms with Gasteiger partial charge in [0.1, 0.15) is 17.5 Å². The maximum atomic E-state index is 5.57. The van der Waals surface area contributed by atoms with E-state index < -0.39 is 0 Å². The first-order valence-electron chi connectivity index (χ1n) is 5.15. The molecule has 1 unspecified atom stereocenters. The van der Waals surface area contributed by atoms with E-state index in [1.165, 1.54) is 0 Å². The number of hydrogen-bond acceptors (Lipinski definition) is 4. The summed E-state index contributed by atoms with van der Waals surface area (Å²) in [4.78, 5) is 0. The van der Waals surface area contributed by atoms with Crippen LogP contribution in [0.5, 0.6) is 5.75 Å². The molecule has 1 atom stereocenters. The minimum Gasteiger partial charge on any atom is -0.493 e. The molecular weight excluding hydrogens is 286 g/mol. The highest BCUT2D eigenvalue weighted by atomic mass is 79.9. The molecule has 0 bridgehead atoms. The molecule has 0 saturated heterocycles. The lowest BCUT2D eigenvalue weighted by atomic mass is 10.1. The zero-order valence-corrected chi connectivity index (χ0v) is 11.5. The quantitative estimate of drug-likeness (QED) is 0.939. The average Bonchev–Trinajstić information content (AvgIpc) is 2.89. The van der Waals surface area contributed by atoms with E-state index in [9.17, 15) is 0 Å². The first kappa shape index (κ1) is 12.2. The van der Waals surface area contributed by atoms with E-state index in [0.717, 1.165) is 17.2 Å². The smallest absolute Gasteiger partial charge is 0.169 e. The normalized spacial score (nSPS) is 12.7. The maximum Gasteiger partial charge on any atom is 0.169 e. The number of aryl methyl sites for hydroxylation is 1. The number of aromatic nitrogens is 2. The van der Waals surface area contributed by atoms with Crippen molar-refractivity contribution in [1.82, 2.24) is 15.1 Å². The van der Waals surface area contributed by atoms with Crippen molar-refractivity contribution in [2.24, 2.45) is 7.05 Å². The predicted molar refractivity (Wildman–Crippen MR) is 67.1 cm³/mol. The molecule has 17 heavy (non-hydrogen) atoms. The number of methoxy groups -OCH3 is 1. The minimum absolute atomic E-state index is 0.0938. The van der Waals surface area contributed by atoms with Crippen LogP contribution >= 0.6 is 15.9 Å². The lowest BCUT2D eigenvalue weighted by Gasteiger charge is -2.15. The van der Waals surface area contributed by atoms with Gasteiger partial charge < -0.3 is 14.5 Å². The van der Waals surface area contributed by atoms with Gasteiger partial charge in [0.05, 0.1) is 13.3 Å². The van der Waals surface area contributed by atoms with Gasteiger partial charge in [-0.15, -0.1) is 0 Å². The molecular formula is C11H14BrN3O2. The molecule has 0 aliphatic rings. The maximum absolute atomic E-state index is 5.57. The van der Waals surface area contributed by atoms with Crippen molar-refractivity contribution >= 4 is 15.9 Å². The molecule has 2 aromatic heterocycles. The van der Waals surface area contributed by atoms with E-state index in [1.54, 1.807) is 18.0 Å². The zero-order chi connectivity index (χ0) is 12.4. The van der Waals surface area contributed by atoms with Crippen LogP contribution in [0.1, 0.15) is 17.5 Å². The molecule has 0 spiro atoms. The van der Waals surface area contributed by atoms with Crippen LogP contribution in [0.3, 0.4) is 0 Å². The summed E-state index contributed by atoms with van der Waals surface area (Å²) in [5, 5.41) is 7.38. The largest absolute Gasteiger partial charge is 0.493 e. The van der Waals surface area contributed by atoms with Crippen molar-refractivity contribution in [2.75, 3.05) is 14.2 Å². The van der Waals surface area contributed by atoms with Crippen molar-refractivity contribution in [3.8, 4) is 5.75 Å². The van der Waals surface area contributed by atoms with Gasteiger partial charge in [-0.1, -0.05) is 0 Å². The molecule has 0 radical (unpaired) electrons. The highest BCUT2D eigenvalue weighted by Gasteiger charge is 2.23. The highest BCUT2D eigenvalue weighted by molar-refractivity contribution is 9.10. The Morgan fingerprint density at radius 1 is 1.53 bits per heavy atom. The third-order valence-electron chi connectivity index (χ3n) is 2.61. The second-order valence-electron chi connectivity index (χ2n) is 3.59. The van der Waals surface area contributed by atoms with Crippen LogP contribution in [0, 0.1) is 0 Å². The Kier molecular flexibility index (Phi) is 3.54. The van der Waals surface area contributed by atoms with Crippen LogP contribution in [0.15, 0.2) is 27.4 Å². The Morgan fingerprint density at radius 2 is 2.29 bits per heavy atom. The summed E-state index contributed by atoms with van der Waals surface area (Å²) in [6.45, 7) is 0. The highest BCUT2D eigenvalue weighted by Crippen LogP contribution is 2.31. The van der Waals surface area contributed by atoms with Crippen LogP contribution in [0.2, 0.25) is 0 Å². The fourth-order valence-corrected chi connectivity index (χ4v) is 2.13. The molecule has 2 heterocycles. The summed E-state index contributed by atoms with van der Waals surface area (Å²) in [5.41, 5.74) is 0.928. The SMILES string of the molecule is CNC(c1ccc(Br)o1)c1c(OC)cnn1C. The van der Waals surface area contributed by atoms with Gasteiger partial charge in [-0.2, -0.15) is 5.10 Å². The number of hydrogen-bond donors (Lipinski definition) is 1. The lowest BCUT2D eigenvalue weighted by Crippen LogP contribution is -2.20. The molecule has 1 N–H and O–H groups in total. The fourth-order valence-electron chi connectivity index (χ4n) is 1.81. The summed E-state index contributed by atoms with van der Waals surface area (Å²) in [7, 11) is 5.37. The molecule has 5 nitrogen and oxygen atoms in total. The molecule has 0 aromatic carbocycles. The predicted octanol–water partition coefficient (Wildman–Crippen LogP) is 2.09.